The van der Waals surface area contributed by atoms with Gasteiger partial charge in [-0.1, -0.05) is 57.2 Å². The Hall–Kier alpha value is -2.34. The molecule has 0 aliphatic rings. The van der Waals surface area contributed by atoms with Crippen LogP contribution in [0.2, 0.25) is 0 Å². The van der Waals surface area contributed by atoms with Crippen molar-refractivity contribution in [1.82, 2.24) is 0 Å². The van der Waals surface area contributed by atoms with Gasteiger partial charge < -0.3 is 10.1 Å². The zero-order chi connectivity index (χ0) is 20.2. The number of hydrogen-bond donors (Lipinski definition) is 1. The van der Waals surface area contributed by atoms with E-state index in [-0.39, 0.29) is 11.2 Å². The van der Waals surface area contributed by atoms with E-state index in [2.05, 4.69) is 26.1 Å². The quantitative estimate of drug-likeness (QED) is 0.812. The van der Waals surface area contributed by atoms with Gasteiger partial charge in [0.05, 0.1) is 18.6 Å². The second-order valence-corrected chi connectivity index (χ2v) is 9.91. The highest BCUT2D eigenvalue weighted by Crippen LogP contribution is 2.25. The molecule has 0 aromatic heterocycles. The van der Waals surface area contributed by atoms with Crippen LogP contribution in [0.5, 0.6) is 5.75 Å². The van der Waals surface area contributed by atoms with E-state index in [4.69, 9.17) is 4.74 Å². The number of benzene rings is 2. The van der Waals surface area contributed by atoms with Crippen LogP contribution in [0.4, 0.5) is 5.69 Å². The number of nitrogens with one attached hydrogen (secondary N) is 1. The second kappa shape index (κ2) is 8.13. The molecule has 0 radical (unpaired) electrons. The van der Waals surface area contributed by atoms with Gasteiger partial charge in [0.25, 0.3) is 0 Å². The third-order valence-electron chi connectivity index (χ3n) is 4.46. The van der Waals surface area contributed by atoms with Crippen LogP contribution >= 0.6 is 0 Å². The molecule has 1 atom stereocenters. The van der Waals surface area contributed by atoms with E-state index in [1.165, 1.54) is 14.0 Å². The van der Waals surface area contributed by atoms with E-state index in [1.807, 2.05) is 24.3 Å². The van der Waals surface area contributed by atoms with Crippen LogP contribution < -0.4 is 10.1 Å². The van der Waals surface area contributed by atoms with Gasteiger partial charge in [-0.05, 0) is 35.6 Å². The van der Waals surface area contributed by atoms with Gasteiger partial charge in [-0.25, -0.2) is 8.42 Å². The number of amides is 1. The molecule has 0 fully saturated rings. The van der Waals surface area contributed by atoms with E-state index in [0.717, 1.165) is 5.56 Å². The molecule has 2 rings (SSSR count). The highest BCUT2D eigenvalue weighted by atomic mass is 32.2. The molecule has 0 saturated carbocycles. The zero-order valence-electron chi connectivity index (χ0n) is 16.4. The van der Waals surface area contributed by atoms with Crippen molar-refractivity contribution in [3.8, 4) is 5.75 Å². The molecule has 0 saturated heterocycles. The molecular weight excluding hydrogens is 362 g/mol. The molecule has 0 aliphatic heterocycles. The summed E-state index contributed by atoms with van der Waals surface area (Å²) in [5.74, 6) is -0.281. The van der Waals surface area contributed by atoms with Crippen LogP contribution in [0.3, 0.4) is 0 Å². The van der Waals surface area contributed by atoms with E-state index in [1.54, 1.807) is 24.3 Å². The van der Waals surface area contributed by atoms with Gasteiger partial charge in [0.1, 0.15) is 11.0 Å². The van der Waals surface area contributed by atoms with Gasteiger partial charge in [0, 0.05) is 0 Å². The Labute approximate surface area is 161 Å². The van der Waals surface area contributed by atoms with E-state index < -0.39 is 21.0 Å². The summed E-state index contributed by atoms with van der Waals surface area (Å²) in [7, 11) is -2.16. The molecule has 6 heteroatoms. The van der Waals surface area contributed by atoms with Crippen LogP contribution in [0, 0.1) is 0 Å². The average Bonchev–Trinajstić information content (AvgIpc) is 2.60. The van der Waals surface area contributed by atoms with Crippen molar-refractivity contribution >= 4 is 21.4 Å². The number of carbonyl (C=O) groups is 1. The normalized spacial score (nSPS) is 13.1. The lowest BCUT2D eigenvalue weighted by molar-refractivity contribution is -0.115. The molecule has 0 spiro atoms. The predicted octanol–water partition coefficient (Wildman–Crippen LogP) is 3.93. The van der Waals surface area contributed by atoms with Gasteiger partial charge in [0.2, 0.25) is 5.91 Å². The number of hydrogen-bond acceptors (Lipinski definition) is 4. The number of ether oxygens (including phenoxy) is 1. The first-order chi connectivity index (χ1) is 12.5. The van der Waals surface area contributed by atoms with E-state index in [9.17, 15) is 13.2 Å². The fourth-order valence-corrected chi connectivity index (χ4v) is 3.90. The standard InChI is InChI=1S/C21H27NO4S/c1-15(20(23)22-18-8-6-7-9-19(18)26-5)27(24,25)14-16-10-12-17(13-11-16)21(2,3)4/h6-13,15H,14H2,1-5H3,(H,22,23)/t15-/m0/s1. The molecule has 0 aliphatic carbocycles. The Morgan fingerprint density at radius 3 is 2.22 bits per heavy atom. The smallest absolute Gasteiger partial charge is 0.242 e. The third-order valence-corrected chi connectivity index (χ3v) is 6.49. The van der Waals surface area contributed by atoms with Gasteiger partial charge in [-0.15, -0.1) is 0 Å². The van der Waals surface area contributed by atoms with Crippen LogP contribution in [0.1, 0.15) is 38.8 Å². The highest BCUT2D eigenvalue weighted by Gasteiger charge is 2.29. The number of rotatable bonds is 6. The number of carbonyl (C=O) groups excluding carboxylic acids is 1. The van der Waals surface area contributed by atoms with Crippen molar-refractivity contribution in [2.45, 2.75) is 44.1 Å². The molecule has 27 heavy (non-hydrogen) atoms. The minimum absolute atomic E-state index is 0.000672. The number of para-hydroxylation sites is 2. The van der Waals surface area contributed by atoms with Crippen molar-refractivity contribution in [3.63, 3.8) is 0 Å². The summed E-state index contributed by atoms with van der Waals surface area (Å²) in [6, 6.07) is 14.4. The average molecular weight is 390 g/mol. The summed E-state index contributed by atoms with van der Waals surface area (Å²) in [6.07, 6.45) is 0. The lowest BCUT2D eigenvalue weighted by Crippen LogP contribution is -2.33. The molecular formula is C21H27NO4S. The fourth-order valence-electron chi connectivity index (χ4n) is 2.60. The molecule has 0 bridgehead atoms. The van der Waals surface area contributed by atoms with E-state index >= 15 is 0 Å². The summed E-state index contributed by atoms with van der Waals surface area (Å²) in [4.78, 5) is 12.5. The van der Waals surface area contributed by atoms with Gasteiger partial charge in [-0.3, -0.25) is 4.79 Å². The molecule has 5 nitrogen and oxygen atoms in total. The first-order valence-corrected chi connectivity index (χ1v) is 10.5. The topological polar surface area (TPSA) is 72.5 Å². The summed E-state index contributed by atoms with van der Waals surface area (Å²) in [5.41, 5.74) is 2.24. The van der Waals surface area contributed by atoms with Crippen LogP contribution in [0.25, 0.3) is 0 Å². The summed E-state index contributed by atoms with van der Waals surface area (Å²) in [6.45, 7) is 7.71. The SMILES string of the molecule is COc1ccccc1NC(=O)[C@H](C)S(=O)(=O)Cc1ccc(C(C)(C)C)cc1. The van der Waals surface area contributed by atoms with Crippen molar-refractivity contribution in [3.05, 3.63) is 59.7 Å². The fraction of sp³-hybridized carbons (Fsp3) is 0.381. The largest absolute Gasteiger partial charge is 0.495 e. The Morgan fingerprint density at radius 1 is 1.07 bits per heavy atom. The first kappa shape index (κ1) is 21.0. The molecule has 2 aromatic carbocycles. The molecule has 0 unspecified atom stereocenters. The number of methoxy groups -OCH3 is 1. The van der Waals surface area contributed by atoms with Gasteiger partial charge in [0.15, 0.2) is 9.84 Å². The maximum atomic E-state index is 12.7. The van der Waals surface area contributed by atoms with Crippen molar-refractivity contribution < 1.29 is 17.9 Å². The van der Waals surface area contributed by atoms with Crippen LogP contribution in [-0.2, 0) is 25.8 Å². The predicted molar refractivity (Wildman–Crippen MR) is 109 cm³/mol. The monoisotopic (exact) mass is 389 g/mol. The Morgan fingerprint density at radius 2 is 1.67 bits per heavy atom. The maximum Gasteiger partial charge on any atom is 0.242 e. The lowest BCUT2D eigenvalue weighted by Gasteiger charge is -2.19. The summed E-state index contributed by atoms with van der Waals surface area (Å²) in [5, 5.41) is 1.46. The van der Waals surface area contributed by atoms with Crippen molar-refractivity contribution in [2.75, 3.05) is 12.4 Å². The summed E-state index contributed by atoms with van der Waals surface area (Å²) < 4.78 is 30.5. The minimum atomic E-state index is -3.65. The Bertz CT molecular complexity index is 897. The molecule has 1 amide bonds. The first-order valence-electron chi connectivity index (χ1n) is 8.79. The van der Waals surface area contributed by atoms with Crippen LogP contribution in [-0.4, -0.2) is 26.7 Å². The lowest BCUT2D eigenvalue weighted by atomic mass is 9.87. The zero-order valence-corrected chi connectivity index (χ0v) is 17.3. The maximum absolute atomic E-state index is 12.7. The second-order valence-electron chi connectivity index (χ2n) is 7.59. The summed E-state index contributed by atoms with van der Waals surface area (Å²) >= 11 is 0. The van der Waals surface area contributed by atoms with Gasteiger partial charge in [-0.2, -0.15) is 0 Å². The molecule has 2 aromatic rings. The molecule has 146 valence electrons. The third kappa shape index (κ3) is 5.32. The Kier molecular flexibility index (Phi) is 6.31. The number of sulfone groups is 1. The van der Waals surface area contributed by atoms with Crippen LogP contribution in [0.15, 0.2) is 48.5 Å². The Balaban J connectivity index is 2.12. The van der Waals surface area contributed by atoms with Crippen molar-refractivity contribution in [1.29, 1.82) is 0 Å². The molecule has 1 N–H and O–H groups in total. The molecule has 0 heterocycles. The minimum Gasteiger partial charge on any atom is -0.495 e. The highest BCUT2D eigenvalue weighted by molar-refractivity contribution is 7.92. The number of anilines is 1. The van der Waals surface area contributed by atoms with Crippen molar-refractivity contribution in [2.24, 2.45) is 0 Å². The van der Waals surface area contributed by atoms with E-state index in [0.29, 0.717) is 17.0 Å². The van der Waals surface area contributed by atoms with Gasteiger partial charge >= 0.3 is 0 Å².